The molecule has 0 aromatic heterocycles. The summed E-state index contributed by atoms with van der Waals surface area (Å²) in [5.74, 6) is 0. The van der Waals surface area contributed by atoms with Crippen molar-refractivity contribution in [3.63, 3.8) is 0 Å². The number of quaternary nitrogens is 1. The first kappa shape index (κ1) is 12.5. The van der Waals surface area contributed by atoms with E-state index in [1.807, 2.05) is 21.0 Å². The van der Waals surface area contributed by atoms with E-state index in [9.17, 15) is 5.11 Å². The predicted molar refractivity (Wildman–Crippen MR) is 40.9 cm³/mol. The average Bonchev–Trinajstić information content (AvgIpc) is 1.86. The highest BCUT2D eigenvalue weighted by Crippen LogP contribution is 2.05. The van der Waals surface area contributed by atoms with Crippen LogP contribution in [0.2, 0.25) is 0 Å². The summed E-state index contributed by atoms with van der Waals surface area (Å²) in [6, 6.07) is 0. The summed E-state index contributed by atoms with van der Waals surface area (Å²) in [6.07, 6.45) is 0.635. The van der Waals surface area contributed by atoms with E-state index in [0.29, 0.717) is 4.48 Å². The summed E-state index contributed by atoms with van der Waals surface area (Å²) in [5, 5.41) is 9.36. The number of aliphatic hydroxyl groups is 1. The van der Waals surface area contributed by atoms with Gasteiger partial charge in [0.15, 0.2) is 6.23 Å². The van der Waals surface area contributed by atoms with Gasteiger partial charge in [-0.3, -0.25) is 0 Å². The zero-order valence-corrected chi connectivity index (χ0v) is 7.33. The molecule has 0 aliphatic heterocycles. The van der Waals surface area contributed by atoms with Crippen LogP contribution in [0.15, 0.2) is 0 Å². The summed E-state index contributed by atoms with van der Waals surface area (Å²) in [5.41, 5.74) is 0. The first-order valence-electron chi connectivity index (χ1n) is 3.55. The van der Waals surface area contributed by atoms with Gasteiger partial charge in [0.2, 0.25) is 0 Å². The van der Waals surface area contributed by atoms with Crippen molar-refractivity contribution in [1.82, 2.24) is 0 Å². The molecule has 3 nitrogen and oxygen atoms in total. The van der Waals surface area contributed by atoms with Gasteiger partial charge in [0, 0.05) is 6.42 Å². The van der Waals surface area contributed by atoms with Gasteiger partial charge >= 0.3 is 0 Å². The molecule has 0 saturated carbocycles. The number of nitrogens with zero attached hydrogens (tertiary/aromatic N) is 1. The molecule has 10 heavy (non-hydrogen) atoms. The lowest BCUT2D eigenvalue weighted by molar-refractivity contribution is -0.935. The fourth-order valence-electron chi connectivity index (χ4n) is 0.705. The third-order valence-corrected chi connectivity index (χ3v) is 1.99. The quantitative estimate of drug-likeness (QED) is 0.473. The molecule has 0 aliphatic rings. The van der Waals surface area contributed by atoms with Crippen LogP contribution in [-0.2, 0) is 0 Å². The van der Waals surface area contributed by atoms with Gasteiger partial charge in [-0.15, -0.1) is 0 Å². The second kappa shape index (κ2) is 4.66. The highest BCUT2D eigenvalue weighted by molar-refractivity contribution is 4.34. The first-order chi connectivity index (χ1) is 4.04. The smallest absolute Gasteiger partial charge is 0.189 e. The third-order valence-electron chi connectivity index (χ3n) is 1.99. The van der Waals surface area contributed by atoms with Crippen LogP contribution in [0.4, 0.5) is 0 Å². The lowest BCUT2D eigenvalue weighted by Gasteiger charge is -2.32. The molecule has 64 valence electrons. The van der Waals surface area contributed by atoms with Gasteiger partial charge in [-0.05, 0) is 6.92 Å². The minimum absolute atomic E-state index is 0. The molecule has 3 heteroatoms. The van der Waals surface area contributed by atoms with Crippen molar-refractivity contribution < 1.29 is 15.1 Å². The topological polar surface area (TPSA) is 50.2 Å². The zero-order valence-electron chi connectivity index (χ0n) is 7.33. The van der Waals surface area contributed by atoms with E-state index in [-0.39, 0.29) is 11.7 Å². The van der Waals surface area contributed by atoms with Crippen molar-refractivity contribution >= 4 is 0 Å². The molecule has 0 aromatic rings. The van der Waals surface area contributed by atoms with Crippen molar-refractivity contribution in [2.24, 2.45) is 0 Å². The van der Waals surface area contributed by atoms with E-state index in [1.54, 1.807) is 0 Å². The van der Waals surface area contributed by atoms with E-state index in [2.05, 4.69) is 6.92 Å². The summed E-state index contributed by atoms with van der Waals surface area (Å²) in [7, 11) is 4.07. The Kier molecular flexibility index (Phi) is 5.84. The average molecular weight is 149 g/mol. The molecule has 0 heterocycles. The first-order valence-corrected chi connectivity index (χ1v) is 3.55. The Morgan fingerprint density at radius 2 is 1.70 bits per heavy atom. The lowest BCUT2D eigenvalue weighted by Crippen LogP contribution is -2.48. The summed E-state index contributed by atoms with van der Waals surface area (Å²) >= 11 is 0. The standard InChI is InChI=1S/C7H18NO.H2O/c1-5-7(9)8(3,4)6-2;/h7,9H,5-6H2,1-4H3;1H2/q+1;/p-1. The second-order valence-corrected chi connectivity index (χ2v) is 2.98. The maximum atomic E-state index is 9.36. The largest absolute Gasteiger partial charge is 0.870 e. The van der Waals surface area contributed by atoms with Gasteiger partial charge in [0.25, 0.3) is 0 Å². The molecular weight excluding hydrogens is 130 g/mol. The van der Waals surface area contributed by atoms with Gasteiger partial charge in [-0.2, -0.15) is 0 Å². The van der Waals surface area contributed by atoms with E-state index >= 15 is 0 Å². The second-order valence-electron chi connectivity index (χ2n) is 2.98. The van der Waals surface area contributed by atoms with Crippen LogP contribution in [0.25, 0.3) is 0 Å². The molecule has 1 atom stereocenters. The molecular formula is C7H19NO2. The van der Waals surface area contributed by atoms with Crippen LogP contribution in [0.3, 0.4) is 0 Å². The van der Waals surface area contributed by atoms with Crippen LogP contribution < -0.4 is 0 Å². The van der Waals surface area contributed by atoms with Gasteiger partial charge < -0.3 is 15.1 Å². The molecule has 0 bridgehead atoms. The highest BCUT2D eigenvalue weighted by Gasteiger charge is 2.20. The van der Waals surface area contributed by atoms with Crippen molar-refractivity contribution in [1.29, 1.82) is 0 Å². The lowest BCUT2D eigenvalue weighted by atomic mass is 10.3. The molecule has 1 unspecified atom stereocenters. The molecule has 0 aliphatic carbocycles. The highest BCUT2D eigenvalue weighted by atomic mass is 16.3. The minimum atomic E-state index is -0.199. The Bertz CT molecular complexity index is 83.7. The molecule has 0 spiro atoms. The van der Waals surface area contributed by atoms with Gasteiger partial charge in [0.1, 0.15) is 0 Å². The normalized spacial score (nSPS) is 14.1. The van der Waals surface area contributed by atoms with Crippen LogP contribution in [-0.4, -0.2) is 41.9 Å². The van der Waals surface area contributed by atoms with Gasteiger partial charge in [0.05, 0.1) is 20.6 Å². The van der Waals surface area contributed by atoms with Crippen molar-refractivity contribution in [2.75, 3.05) is 20.6 Å². The summed E-state index contributed by atoms with van der Waals surface area (Å²) in [6.45, 7) is 5.06. The third kappa shape index (κ3) is 3.15. The van der Waals surface area contributed by atoms with Crippen LogP contribution >= 0.6 is 0 Å². The predicted octanol–water partition coefficient (Wildman–Crippen LogP) is 0.634. The monoisotopic (exact) mass is 149 g/mol. The maximum Gasteiger partial charge on any atom is 0.189 e. The van der Waals surface area contributed by atoms with Crippen LogP contribution in [0, 0.1) is 0 Å². The fraction of sp³-hybridized carbons (Fsp3) is 1.00. The molecule has 0 rings (SSSR count). The van der Waals surface area contributed by atoms with Crippen molar-refractivity contribution in [3.8, 4) is 0 Å². The summed E-state index contributed by atoms with van der Waals surface area (Å²) in [4.78, 5) is 0. The van der Waals surface area contributed by atoms with Crippen LogP contribution in [0.1, 0.15) is 20.3 Å². The van der Waals surface area contributed by atoms with E-state index < -0.39 is 0 Å². The van der Waals surface area contributed by atoms with Crippen molar-refractivity contribution in [3.05, 3.63) is 0 Å². The van der Waals surface area contributed by atoms with E-state index in [1.165, 1.54) is 0 Å². The number of hydrogen-bond acceptors (Lipinski definition) is 2. The molecule has 0 aromatic carbocycles. The molecule has 2 N–H and O–H groups in total. The van der Waals surface area contributed by atoms with E-state index in [4.69, 9.17) is 0 Å². The zero-order chi connectivity index (χ0) is 7.49. The maximum absolute atomic E-state index is 9.36. The molecule has 0 radical (unpaired) electrons. The Morgan fingerprint density at radius 1 is 1.30 bits per heavy atom. The SMILES string of the molecule is CCC(O)[N+](C)(C)CC.[OH-]. The minimum Gasteiger partial charge on any atom is -0.870 e. The van der Waals surface area contributed by atoms with Crippen molar-refractivity contribution in [2.45, 2.75) is 26.5 Å². The Morgan fingerprint density at radius 3 is 1.80 bits per heavy atom. The van der Waals surface area contributed by atoms with E-state index in [0.717, 1.165) is 13.0 Å². The Balaban J connectivity index is 0. The Labute approximate surface area is 63.2 Å². The molecule has 0 amide bonds. The molecule has 0 fully saturated rings. The number of hydrogen-bond donors (Lipinski definition) is 1. The van der Waals surface area contributed by atoms with Gasteiger partial charge in [-0.1, -0.05) is 6.92 Å². The number of rotatable bonds is 3. The fourth-order valence-corrected chi connectivity index (χ4v) is 0.705. The Hall–Kier alpha value is -0.120. The van der Waals surface area contributed by atoms with Crippen LogP contribution in [0.5, 0.6) is 0 Å². The molecule has 0 saturated heterocycles. The van der Waals surface area contributed by atoms with Gasteiger partial charge in [-0.25, -0.2) is 0 Å². The summed E-state index contributed by atoms with van der Waals surface area (Å²) < 4.78 is 0.705. The number of aliphatic hydroxyl groups excluding tert-OH is 1.